The molecule has 4 heteroatoms. The zero-order chi connectivity index (χ0) is 17.9. The van der Waals surface area contributed by atoms with Crippen molar-refractivity contribution in [2.45, 2.75) is 26.2 Å². The predicted octanol–water partition coefficient (Wildman–Crippen LogP) is 3.74. The first-order chi connectivity index (χ1) is 12.7. The molecule has 0 atom stereocenters. The van der Waals surface area contributed by atoms with Crippen LogP contribution < -0.4 is 5.32 Å². The van der Waals surface area contributed by atoms with Gasteiger partial charge in [-0.1, -0.05) is 54.1 Å². The summed E-state index contributed by atoms with van der Waals surface area (Å²) < 4.78 is 0. The number of aliphatic hydroxyl groups excluding tert-OH is 1. The Bertz CT molecular complexity index is 922. The SMILES string of the molecule is Cc1ccc2c(c1)Cc1nc(Cc3ccccc3)nc(NCCCO)c1-2. The van der Waals surface area contributed by atoms with Crippen molar-refractivity contribution in [3.05, 3.63) is 76.7 Å². The third-order valence-corrected chi connectivity index (χ3v) is 4.75. The molecule has 1 aromatic heterocycles. The zero-order valence-corrected chi connectivity index (χ0v) is 15.0. The summed E-state index contributed by atoms with van der Waals surface area (Å²) in [7, 11) is 0. The molecule has 0 saturated carbocycles. The highest BCUT2D eigenvalue weighted by Crippen LogP contribution is 2.40. The minimum Gasteiger partial charge on any atom is -0.396 e. The molecule has 0 fully saturated rings. The lowest BCUT2D eigenvalue weighted by Gasteiger charge is -2.13. The fraction of sp³-hybridized carbons (Fsp3) is 0.273. The first-order valence-electron chi connectivity index (χ1n) is 9.13. The van der Waals surface area contributed by atoms with Crippen LogP contribution in [0.5, 0.6) is 0 Å². The third kappa shape index (κ3) is 3.33. The summed E-state index contributed by atoms with van der Waals surface area (Å²) in [5.74, 6) is 1.72. The number of benzene rings is 2. The molecule has 0 amide bonds. The van der Waals surface area contributed by atoms with Crippen LogP contribution in [-0.2, 0) is 12.8 Å². The van der Waals surface area contributed by atoms with Crippen molar-refractivity contribution < 1.29 is 5.11 Å². The molecule has 4 nitrogen and oxygen atoms in total. The molecular weight excluding hydrogens is 322 g/mol. The quantitative estimate of drug-likeness (QED) is 0.523. The smallest absolute Gasteiger partial charge is 0.137 e. The van der Waals surface area contributed by atoms with Gasteiger partial charge in [-0.05, 0) is 30.0 Å². The molecule has 1 aliphatic rings. The van der Waals surface area contributed by atoms with Gasteiger partial charge in [0.25, 0.3) is 0 Å². The van der Waals surface area contributed by atoms with Crippen LogP contribution in [0.15, 0.2) is 48.5 Å². The Balaban J connectivity index is 1.73. The Morgan fingerprint density at radius 2 is 1.92 bits per heavy atom. The van der Waals surface area contributed by atoms with Crippen molar-refractivity contribution in [1.29, 1.82) is 0 Å². The molecule has 2 N–H and O–H groups in total. The summed E-state index contributed by atoms with van der Waals surface area (Å²) >= 11 is 0. The van der Waals surface area contributed by atoms with E-state index < -0.39 is 0 Å². The molecule has 0 aliphatic heterocycles. The Morgan fingerprint density at radius 3 is 2.73 bits per heavy atom. The van der Waals surface area contributed by atoms with Gasteiger partial charge in [0, 0.05) is 31.6 Å². The molecular formula is C22H23N3O. The van der Waals surface area contributed by atoms with Crippen molar-refractivity contribution in [3.63, 3.8) is 0 Å². The number of hydrogen-bond acceptors (Lipinski definition) is 4. The first kappa shape index (κ1) is 16.7. The van der Waals surface area contributed by atoms with Crippen molar-refractivity contribution in [2.24, 2.45) is 0 Å². The number of hydrogen-bond donors (Lipinski definition) is 2. The van der Waals surface area contributed by atoms with Crippen LogP contribution in [0.3, 0.4) is 0 Å². The molecule has 0 bridgehead atoms. The van der Waals surface area contributed by atoms with E-state index in [0.29, 0.717) is 13.0 Å². The second-order valence-corrected chi connectivity index (χ2v) is 6.81. The van der Waals surface area contributed by atoms with Crippen LogP contribution in [-0.4, -0.2) is 28.2 Å². The number of nitrogens with zero attached hydrogens (tertiary/aromatic N) is 2. The Hall–Kier alpha value is -2.72. The van der Waals surface area contributed by atoms with Gasteiger partial charge in [0.2, 0.25) is 0 Å². The van der Waals surface area contributed by atoms with Gasteiger partial charge in [0.1, 0.15) is 11.6 Å². The topological polar surface area (TPSA) is 58.0 Å². The number of aliphatic hydroxyl groups is 1. The van der Waals surface area contributed by atoms with Gasteiger partial charge in [0.15, 0.2) is 0 Å². The minimum atomic E-state index is 0.174. The normalized spacial score (nSPS) is 11.9. The van der Waals surface area contributed by atoms with Crippen LogP contribution in [0.25, 0.3) is 11.1 Å². The van der Waals surface area contributed by atoms with E-state index in [0.717, 1.165) is 35.7 Å². The summed E-state index contributed by atoms with van der Waals surface area (Å²) in [4.78, 5) is 9.71. The van der Waals surface area contributed by atoms with E-state index in [2.05, 4.69) is 42.6 Å². The van der Waals surface area contributed by atoms with Crippen LogP contribution in [0.1, 0.15) is 34.6 Å². The van der Waals surface area contributed by atoms with E-state index in [9.17, 15) is 0 Å². The molecule has 26 heavy (non-hydrogen) atoms. The number of rotatable bonds is 6. The summed E-state index contributed by atoms with van der Waals surface area (Å²) in [5.41, 5.74) is 7.23. The maximum Gasteiger partial charge on any atom is 0.137 e. The number of aromatic nitrogens is 2. The Morgan fingerprint density at radius 1 is 1.08 bits per heavy atom. The van der Waals surface area contributed by atoms with Crippen LogP contribution in [0.4, 0.5) is 5.82 Å². The number of aryl methyl sites for hydroxylation is 1. The molecule has 0 spiro atoms. The van der Waals surface area contributed by atoms with E-state index in [1.54, 1.807) is 0 Å². The summed E-state index contributed by atoms with van der Waals surface area (Å²) in [6, 6.07) is 16.9. The number of fused-ring (bicyclic) bond motifs is 3. The maximum atomic E-state index is 9.10. The Kier molecular flexibility index (Phi) is 4.67. The maximum absolute atomic E-state index is 9.10. The summed E-state index contributed by atoms with van der Waals surface area (Å²) in [6.45, 7) is 3.00. The average molecular weight is 345 g/mol. The van der Waals surface area contributed by atoms with E-state index in [1.165, 1.54) is 22.3 Å². The monoisotopic (exact) mass is 345 g/mol. The molecule has 132 valence electrons. The lowest BCUT2D eigenvalue weighted by Crippen LogP contribution is -2.10. The molecule has 0 radical (unpaired) electrons. The summed E-state index contributed by atoms with van der Waals surface area (Å²) in [5, 5.41) is 12.5. The molecule has 1 heterocycles. The van der Waals surface area contributed by atoms with Gasteiger partial charge < -0.3 is 10.4 Å². The van der Waals surface area contributed by atoms with Gasteiger partial charge in [-0.25, -0.2) is 9.97 Å². The van der Waals surface area contributed by atoms with Gasteiger partial charge in [-0.2, -0.15) is 0 Å². The van der Waals surface area contributed by atoms with E-state index in [1.807, 2.05) is 18.2 Å². The minimum absolute atomic E-state index is 0.174. The highest BCUT2D eigenvalue weighted by Gasteiger charge is 2.25. The van der Waals surface area contributed by atoms with Gasteiger partial charge in [0.05, 0.1) is 5.69 Å². The van der Waals surface area contributed by atoms with Crippen molar-refractivity contribution in [1.82, 2.24) is 9.97 Å². The molecule has 3 aromatic rings. The number of anilines is 1. The zero-order valence-electron chi connectivity index (χ0n) is 15.0. The van der Waals surface area contributed by atoms with E-state index in [4.69, 9.17) is 15.1 Å². The highest BCUT2D eigenvalue weighted by molar-refractivity contribution is 5.84. The molecule has 2 aromatic carbocycles. The van der Waals surface area contributed by atoms with Gasteiger partial charge >= 0.3 is 0 Å². The largest absolute Gasteiger partial charge is 0.396 e. The van der Waals surface area contributed by atoms with E-state index >= 15 is 0 Å². The predicted molar refractivity (Wildman–Crippen MR) is 104 cm³/mol. The molecule has 0 unspecified atom stereocenters. The lowest BCUT2D eigenvalue weighted by atomic mass is 10.0. The van der Waals surface area contributed by atoms with Crippen LogP contribution in [0, 0.1) is 6.92 Å². The van der Waals surface area contributed by atoms with Crippen molar-refractivity contribution in [3.8, 4) is 11.1 Å². The summed E-state index contributed by atoms with van der Waals surface area (Å²) in [6.07, 6.45) is 2.27. The molecule has 0 saturated heterocycles. The fourth-order valence-electron chi connectivity index (χ4n) is 3.53. The number of nitrogens with one attached hydrogen (secondary N) is 1. The van der Waals surface area contributed by atoms with Gasteiger partial charge in [-0.15, -0.1) is 0 Å². The third-order valence-electron chi connectivity index (χ3n) is 4.75. The highest BCUT2D eigenvalue weighted by atomic mass is 16.3. The standard InChI is InChI=1S/C22H23N3O/c1-15-8-9-18-17(12-15)14-19-21(18)22(23-10-5-11-26)25-20(24-19)13-16-6-3-2-4-7-16/h2-4,6-9,12,26H,5,10-11,13-14H2,1H3,(H,23,24,25). The lowest BCUT2D eigenvalue weighted by molar-refractivity contribution is 0.292. The fourth-order valence-corrected chi connectivity index (χ4v) is 3.53. The van der Waals surface area contributed by atoms with Crippen LogP contribution >= 0.6 is 0 Å². The first-order valence-corrected chi connectivity index (χ1v) is 9.13. The molecule has 4 rings (SSSR count). The van der Waals surface area contributed by atoms with Crippen molar-refractivity contribution >= 4 is 5.82 Å². The molecule has 1 aliphatic carbocycles. The van der Waals surface area contributed by atoms with E-state index in [-0.39, 0.29) is 6.61 Å². The average Bonchev–Trinajstić information content (AvgIpc) is 3.00. The van der Waals surface area contributed by atoms with Crippen molar-refractivity contribution in [2.75, 3.05) is 18.5 Å². The van der Waals surface area contributed by atoms with Crippen LogP contribution in [0.2, 0.25) is 0 Å². The Labute approximate surface area is 154 Å². The van der Waals surface area contributed by atoms with Gasteiger partial charge in [-0.3, -0.25) is 0 Å². The second kappa shape index (κ2) is 7.26. The second-order valence-electron chi connectivity index (χ2n) is 6.81.